The summed E-state index contributed by atoms with van der Waals surface area (Å²) >= 11 is 1.64. The van der Waals surface area contributed by atoms with E-state index in [-0.39, 0.29) is 0 Å². The van der Waals surface area contributed by atoms with Gasteiger partial charge in [0.1, 0.15) is 5.60 Å². The Morgan fingerprint density at radius 1 is 1.00 bits per heavy atom. The van der Waals surface area contributed by atoms with E-state index >= 15 is 0 Å². The van der Waals surface area contributed by atoms with Crippen molar-refractivity contribution >= 4 is 23.5 Å². The average molecular weight is 360 g/mol. The number of anilines is 1. The van der Waals surface area contributed by atoms with E-state index in [1.807, 2.05) is 58.9 Å². The minimum Gasteiger partial charge on any atom is -0.444 e. The van der Waals surface area contributed by atoms with Crippen LogP contribution in [0.4, 0.5) is 10.5 Å². The number of hydrogen-bond acceptors (Lipinski definition) is 3. The zero-order chi connectivity index (χ0) is 19.0. The molecule has 136 valence electrons. The number of benzene rings is 2. The second-order valence-corrected chi connectivity index (χ2v) is 7.58. The van der Waals surface area contributed by atoms with Crippen LogP contribution in [0, 0.1) is 13.8 Å². The van der Waals surface area contributed by atoms with Crippen LogP contribution in [-0.4, -0.2) is 11.7 Å². The Hall–Kier alpha value is -1.94. The van der Waals surface area contributed by atoms with Crippen LogP contribution in [0.25, 0.3) is 0 Å². The Morgan fingerprint density at radius 3 is 2.24 bits per heavy atom. The smallest absolute Gasteiger partial charge is 0.412 e. The lowest BCUT2D eigenvalue weighted by atomic mass is 10.2. The summed E-state index contributed by atoms with van der Waals surface area (Å²) in [5, 5.41) is 2.84. The molecule has 1 N–H and O–H groups in total. The van der Waals surface area contributed by atoms with Gasteiger partial charge in [0.2, 0.25) is 0 Å². The molecule has 1 amide bonds. The highest BCUT2D eigenvalue weighted by atomic mass is 32.2. The maximum atomic E-state index is 12.0. The lowest BCUT2D eigenvalue weighted by Crippen LogP contribution is -2.27. The monoisotopic (exact) mass is 359 g/mol. The van der Waals surface area contributed by atoms with Crippen molar-refractivity contribution in [1.29, 1.82) is 0 Å². The Morgan fingerprint density at radius 2 is 1.64 bits per heavy atom. The van der Waals surface area contributed by atoms with Crippen LogP contribution < -0.4 is 5.32 Å². The molecule has 0 radical (unpaired) electrons. The van der Waals surface area contributed by atoms with E-state index in [2.05, 4.69) is 37.4 Å². The molecule has 0 saturated carbocycles. The Bertz CT molecular complexity index is 705. The molecule has 0 fully saturated rings. The summed E-state index contributed by atoms with van der Waals surface area (Å²) in [6, 6.07) is 14.1. The van der Waals surface area contributed by atoms with Gasteiger partial charge in [-0.05, 0) is 58.4 Å². The van der Waals surface area contributed by atoms with Crippen LogP contribution in [0.3, 0.4) is 0 Å². The van der Waals surface area contributed by atoms with Gasteiger partial charge in [-0.2, -0.15) is 0 Å². The summed E-state index contributed by atoms with van der Waals surface area (Å²) in [5.74, 6) is 0. The second-order valence-electron chi connectivity index (χ2n) is 6.49. The first kappa shape index (κ1) is 21.1. The van der Waals surface area contributed by atoms with Crippen molar-refractivity contribution < 1.29 is 9.53 Å². The maximum absolute atomic E-state index is 12.0. The third kappa shape index (κ3) is 7.22. The van der Waals surface area contributed by atoms with E-state index in [1.54, 1.807) is 11.8 Å². The highest BCUT2D eigenvalue weighted by molar-refractivity contribution is 7.99. The third-order valence-corrected chi connectivity index (χ3v) is 4.33. The van der Waals surface area contributed by atoms with Crippen molar-refractivity contribution in [1.82, 2.24) is 0 Å². The molecule has 0 aliphatic carbocycles. The Balaban J connectivity index is 0.00000151. The van der Waals surface area contributed by atoms with Crippen molar-refractivity contribution in [2.45, 2.75) is 63.9 Å². The fraction of sp³-hybridized carbons (Fsp3) is 0.381. The minimum atomic E-state index is -0.514. The van der Waals surface area contributed by atoms with E-state index < -0.39 is 11.7 Å². The number of amides is 1. The van der Waals surface area contributed by atoms with Crippen LogP contribution in [0.5, 0.6) is 0 Å². The molecular formula is C21H29NO2S. The molecule has 0 heterocycles. The molecule has 2 rings (SSSR count). The Labute approximate surface area is 156 Å². The molecule has 0 atom stereocenters. The molecule has 25 heavy (non-hydrogen) atoms. The van der Waals surface area contributed by atoms with Gasteiger partial charge in [-0.15, -0.1) is 0 Å². The molecular weight excluding hydrogens is 330 g/mol. The number of carbonyl (C=O) groups excluding carboxylic acids is 1. The van der Waals surface area contributed by atoms with E-state index in [0.717, 1.165) is 10.6 Å². The van der Waals surface area contributed by atoms with E-state index in [9.17, 15) is 4.79 Å². The van der Waals surface area contributed by atoms with Gasteiger partial charge in [-0.1, -0.05) is 55.4 Å². The molecule has 3 nitrogen and oxygen atoms in total. The minimum absolute atomic E-state index is 0.439. The van der Waals surface area contributed by atoms with Gasteiger partial charge in [0, 0.05) is 9.79 Å². The van der Waals surface area contributed by atoms with Gasteiger partial charge >= 0.3 is 6.09 Å². The standard InChI is InChI=1S/C19H23NO2S.C2H6/c1-13-10-11-16(14(2)12-13)23-17-9-7-6-8-15(17)20-18(21)22-19(3,4)5;1-2/h6-12H,1-5H3,(H,20,21);1-2H3. The van der Waals surface area contributed by atoms with Crippen molar-refractivity contribution in [2.75, 3.05) is 5.32 Å². The van der Waals surface area contributed by atoms with Crippen LogP contribution in [-0.2, 0) is 4.74 Å². The molecule has 0 aliphatic heterocycles. The van der Waals surface area contributed by atoms with Crippen molar-refractivity contribution in [2.24, 2.45) is 0 Å². The summed E-state index contributed by atoms with van der Waals surface area (Å²) in [7, 11) is 0. The number of nitrogens with one attached hydrogen (secondary N) is 1. The second kappa shape index (κ2) is 9.52. The molecule has 0 spiro atoms. The third-order valence-electron chi connectivity index (χ3n) is 3.07. The first-order valence-corrected chi connectivity index (χ1v) is 9.40. The summed E-state index contributed by atoms with van der Waals surface area (Å²) in [4.78, 5) is 14.2. The van der Waals surface area contributed by atoms with Crippen LogP contribution in [0.2, 0.25) is 0 Å². The predicted octanol–water partition coefficient (Wildman–Crippen LogP) is 6.83. The highest BCUT2D eigenvalue weighted by Crippen LogP contribution is 2.35. The molecule has 2 aromatic rings. The number of aryl methyl sites for hydroxylation is 2. The van der Waals surface area contributed by atoms with E-state index in [0.29, 0.717) is 0 Å². The fourth-order valence-electron chi connectivity index (χ4n) is 2.10. The number of hydrogen-bond donors (Lipinski definition) is 1. The van der Waals surface area contributed by atoms with Gasteiger partial charge in [0.05, 0.1) is 5.69 Å². The van der Waals surface area contributed by atoms with Gasteiger partial charge < -0.3 is 4.74 Å². The van der Waals surface area contributed by atoms with Crippen LogP contribution in [0.15, 0.2) is 52.3 Å². The normalized spacial score (nSPS) is 10.5. The summed E-state index contributed by atoms with van der Waals surface area (Å²) < 4.78 is 5.33. The summed E-state index contributed by atoms with van der Waals surface area (Å²) in [6.45, 7) is 13.7. The lowest BCUT2D eigenvalue weighted by Gasteiger charge is -2.20. The quantitative estimate of drug-likeness (QED) is 0.653. The molecule has 4 heteroatoms. The number of para-hydroxylation sites is 1. The topological polar surface area (TPSA) is 38.3 Å². The summed E-state index contributed by atoms with van der Waals surface area (Å²) in [6.07, 6.45) is -0.439. The van der Waals surface area contributed by atoms with Crippen molar-refractivity contribution in [3.05, 3.63) is 53.6 Å². The fourth-order valence-corrected chi connectivity index (χ4v) is 3.07. The van der Waals surface area contributed by atoms with Crippen LogP contribution in [0.1, 0.15) is 45.7 Å². The average Bonchev–Trinajstić information content (AvgIpc) is 2.52. The molecule has 0 aliphatic rings. The van der Waals surface area contributed by atoms with E-state index in [4.69, 9.17) is 4.74 Å². The molecule has 0 aromatic heterocycles. The van der Waals surface area contributed by atoms with Crippen LogP contribution >= 0.6 is 11.8 Å². The first-order chi connectivity index (χ1) is 11.7. The van der Waals surface area contributed by atoms with Gasteiger partial charge in [0.15, 0.2) is 0 Å². The zero-order valence-corrected chi connectivity index (χ0v) is 17.1. The largest absolute Gasteiger partial charge is 0.444 e. The first-order valence-electron chi connectivity index (χ1n) is 8.59. The summed E-state index contributed by atoms with van der Waals surface area (Å²) in [5.41, 5.74) is 2.71. The van der Waals surface area contributed by atoms with Gasteiger partial charge in [-0.25, -0.2) is 4.79 Å². The molecule has 2 aromatic carbocycles. The zero-order valence-electron chi connectivity index (χ0n) is 16.3. The van der Waals surface area contributed by atoms with Crippen molar-refractivity contribution in [3.63, 3.8) is 0 Å². The maximum Gasteiger partial charge on any atom is 0.412 e. The number of carbonyl (C=O) groups is 1. The lowest BCUT2D eigenvalue weighted by molar-refractivity contribution is 0.0635. The molecule has 0 bridgehead atoms. The predicted molar refractivity (Wildman–Crippen MR) is 108 cm³/mol. The molecule has 0 saturated heterocycles. The van der Waals surface area contributed by atoms with Gasteiger partial charge in [-0.3, -0.25) is 5.32 Å². The van der Waals surface area contributed by atoms with Gasteiger partial charge in [0.25, 0.3) is 0 Å². The SMILES string of the molecule is CC.Cc1ccc(Sc2ccccc2NC(=O)OC(C)(C)C)c(C)c1. The van der Waals surface area contributed by atoms with Crippen molar-refractivity contribution in [3.8, 4) is 0 Å². The number of ether oxygens (including phenoxy) is 1. The number of rotatable bonds is 3. The molecule has 0 unspecified atom stereocenters. The highest BCUT2D eigenvalue weighted by Gasteiger charge is 2.17. The van der Waals surface area contributed by atoms with E-state index in [1.165, 1.54) is 16.0 Å². The Kier molecular flexibility index (Phi) is 8.04.